The predicted molar refractivity (Wildman–Crippen MR) is 58.6 cm³/mol. The van der Waals surface area contributed by atoms with Gasteiger partial charge in [-0.1, -0.05) is 0 Å². The fourth-order valence-electron chi connectivity index (χ4n) is 1.59. The Labute approximate surface area is 91.7 Å². The van der Waals surface area contributed by atoms with E-state index in [0.717, 1.165) is 0 Å². The van der Waals surface area contributed by atoms with E-state index in [0.29, 0.717) is 19.4 Å². The Hall–Kier alpha value is -0.170. The first kappa shape index (κ1) is 12.9. The molecule has 0 radical (unpaired) electrons. The van der Waals surface area contributed by atoms with Crippen molar-refractivity contribution in [3.63, 3.8) is 0 Å². The first-order valence-electron chi connectivity index (χ1n) is 5.18. The van der Waals surface area contributed by atoms with Gasteiger partial charge < -0.3 is 5.11 Å². The SMILES string of the molecule is CC(C)(C)NS(=O)(=O)N1CCCC(O)C1. The molecule has 0 spiro atoms. The van der Waals surface area contributed by atoms with Crippen LogP contribution in [0.4, 0.5) is 0 Å². The molecule has 6 heteroatoms. The summed E-state index contributed by atoms with van der Waals surface area (Å²) in [6, 6.07) is 0. The molecule has 0 bridgehead atoms. The number of β-amino-alcohol motifs (C(OH)–C–C–N with tert-alkyl or cyclic N) is 1. The van der Waals surface area contributed by atoms with Gasteiger partial charge in [-0.3, -0.25) is 0 Å². The average molecular weight is 236 g/mol. The molecule has 2 N–H and O–H groups in total. The molecule has 1 fully saturated rings. The fraction of sp³-hybridized carbons (Fsp3) is 1.00. The quantitative estimate of drug-likeness (QED) is 0.713. The Morgan fingerprint density at radius 2 is 2.00 bits per heavy atom. The fourth-order valence-corrected chi connectivity index (χ4v) is 3.23. The molecule has 1 atom stereocenters. The van der Waals surface area contributed by atoms with Gasteiger partial charge in [0.15, 0.2) is 0 Å². The summed E-state index contributed by atoms with van der Waals surface area (Å²) >= 11 is 0. The maximum atomic E-state index is 11.9. The van der Waals surface area contributed by atoms with Crippen molar-refractivity contribution in [1.29, 1.82) is 0 Å². The molecule has 1 saturated heterocycles. The van der Waals surface area contributed by atoms with Crippen LogP contribution in [0, 0.1) is 0 Å². The van der Waals surface area contributed by atoms with Crippen molar-refractivity contribution in [2.45, 2.75) is 45.3 Å². The average Bonchev–Trinajstić information content (AvgIpc) is 1.99. The summed E-state index contributed by atoms with van der Waals surface area (Å²) in [6.07, 6.45) is 0.864. The standard InChI is InChI=1S/C9H20N2O3S/c1-9(2,3)10-15(13,14)11-6-4-5-8(12)7-11/h8,10,12H,4-7H2,1-3H3. The van der Waals surface area contributed by atoms with Gasteiger partial charge in [0.25, 0.3) is 10.2 Å². The molecule has 0 aromatic carbocycles. The lowest BCUT2D eigenvalue weighted by atomic mass is 10.1. The second-order valence-electron chi connectivity index (χ2n) is 5.01. The molecule has 1 heterocycles. The number of piperidine rings is 1. The summed E-state index contributed by atoms with van der Waals surface area (Å²) in [7, 11) is -3.45. The maximum Gasteiger partial charge on any atom is 0.280 e. The summed E-state index contributed by atoms with van der Waals surface area (Å²) in [5, 5.41) is 9.41. The van der Waals surface area contributed by atoms with Gasteiger partial charge in [0.05, 0.1) is 6.10 Å². The number of nitrogens with zero attached hydrogens (tertiary/aromatic N) is 1. The minimum Gasteiger partial charge on any atom is -0.392 e. The molecule has 1 rings (SSSR count). The molecular weight excluding hydrogens is 216 g/mol. The summed E-state index contributed by atoms with van der Waals surface area (Å²) in [5.74, 6) is 0. The van der Waals surface area contributed by atoms with Gasteiger partial charge in [0, 0.05) is 18.6 Å². The van der Waals surface area contributed by atoms with E-state index in [-0.39, 0.29) is 6.54 Å². The lowest BCUT2D eigenvalue weighted by Crippen LogP contribution is -2.52. The van der Waals surface area contributed by atoms with E-state index in [2.05, 4.69) is 4.72 Å². The van der Waals surface area contributed by atoms with Crippen molar-refractivity contribution in [3.8, 4) is 0 Å². The lowest BCUT2D eigenvalue weighted by molar-refractivity contribution is 0.107. The van der Waals surface area contributed by atoms with Crippen LogP contribution in [-0.4, -0.2) is 42.6 Å². The highest BCUT2D eigenvalue weighted by Gasteiger charge is 2.30. The lowest BCUT2D eigenvalue weighted by Gasteiger charge is -2.32. The van der Waals surface area contributed by atoms with E-state index in [4.69, 9.17) is 0 Å². The topological polar surface area (TPSA) is 69.6 Å². The van der Waals surface area contributed by atoms with E-state index in [1.165, 1.54) is 4.31 Å². The van der Waals surface area contributed by atoms with Crippen molar-refractivity contribution < 1.29 is 13.5 Å². The van der Waals surface area contributed by atoms with Crippen LogP contribution in [0.15, 0.2) is 0 Å². The minimum atomic E-state index is -3.45. The molecule has 1 aliphatic heterocycles. The van der Waals surface area contributed by atoms with Crippen molar-refractivity contribution in [3.05, 3.63) is 0 Å². The van der Waals surface area contributed by atoms with Crippen LogP contribution < -0.4 is 4.72 Å². The van der Waals surface area contributed by atoms with E-state index < -0.39 is 21.9 Å². The highest BCUT2D eigenvalue weighted by atomic mass is 32.2. The number of nitrogens with one attached hydrogen (secondary N) is 1. The monoisotopic (exact) mass is 236 g/mol. The molecule has 90 valence electrons. The van der Waals surface area contributed by atoms with E-state index in [1.54, 1.807) is 20.8 Å². The van der Waals surface area contributed by atoms with Gasteiger partial charge in [0.2, 0.25) is 0 Å². The van der Waals surface area contributed by atoms with Crippen molar-refractivity contribution in [2.75, 3.05) is 13.1 Å². The molecular formula is C9H20N2O3S. The number of hydrogen-bond donors (Lipinski definition) is 2. The van der Waals surface area contributed by atoms with Crippen LogP contribution in [0.2, 0.25) is 0 Å². The Morgan fingerprint density at radius 3 is 2.47 bits per heavy atom. The molecule has 15 heavy (non-hydrogen) atoms. The molecule has 0 saturated carbocycles. The number of aliphatic hydroxyl groups excluding tert-OH is 1. The molecule has 0 aromatic rings. The maximum absolute atomic E-state index is 11.9. The zero-order chi connectivity index (χ0) is 11.7. The van der Waals surface area contributed by atoms with Crippen LogP contribution in [0.5, 0.6) is 0 Å². The van der Waals surface area contributed by atoms with Crippen LogP contribution >= 0.6 is 0 Å². The van der Waals surface area contributed by atoms with Crippen LogP contribution in [0.1, 0.15) is 33.6 Å². The van der Waals surface area contributed by atoms with Crippen LogP contribution in [0.3, 0.4) is 0 Å². The molecule has 5 nitrogen and oxygen atoms in total. The first-order chi connectivity index (χ1) is 6.71. The van der Waals surface area contributed by atoms with Gasteiger partial charge >= 0.3 is 0 Å². The van der Waals surface area contributed by atoms with Gasteiger partial charge in [-0.15, -0.1) is 0 Å². The van der Waals surface area contributed by atoms with Crippen molar-refractivity contribution >= 4 is 10.2 Å². The van der Waals surface area contributed by atoms with Crippen molar-refractivity contribution in [1.82, 2.24) is 9.03 Å². The van der Waals surface area contributed by atoms with E-state index in [9.17, 15) is 13.5 Å². The normalized spacial score (nSPS) is 25.5. The zero-order valence-corrected chi connectivity index (χ0v) is 10.3. The van der Waals surface area contributed by atoms with Gasteiger partial charge in [-0.05, 0) is 33.6 Å². The molecule has 0 aliphatic carbocycles. The summed E-state index contributed by atoms with van der Waals surface area (Å²) in [6.45, 7) is 6.08. The zero-order valence-electron chi connectivity index (χ0n) is 9.52. The number of rotatable bonds is 2. The summed E-state index contributed by atoms with van der Waals surface area (Å²) < 4.78 is 27.6. The van der Waals surface area contributed by atoms with E-state index >= 15 is 0 Å². The second kappa shape index (κ2) is 4.37. The van der Waals surface area contributed by atoms with Crippen molar-refractivity contribution in [2.24, 2.45) is 0 Å². The van der Waals surface area contributed by atoms with Gasteiger partial charge in [-0.25, -0.2) is 0 Å². The predicted octanol–water partition coefficient (Wildman–Crippen LogP) is 0.0760. The number of hydrogen-bond acceptors (Lipinski definition) is 3. The highest BCUT2D eigenvalue weighted by molar-refractivity contribution is 7.87. The Balaban J connectivity index is 2.69. The molecule has 0 amide bonds. The van der Waals surface area contributed by atoms with Crippen LogP contribution in [0.25, 0.3) is 0 Å². The van der Waals surface area contributed by atoms with Gasteiger partial charge in [0.1, 0.15) is 0 Å². The third-order valence-corrected chi connectivity index (χ3v) is 4.02. The molecule has 1 aliphatic rings. The van der Waals surface area contributed by atoms with Gasteiger partial charge in [-0.2, -0.15) is 17.4 Å². The second-order valence-corrected chi connectivity index (χ2v) is 6.68. The molecule has 0 aromatic heterocycles. The Morgan fingerprint density at radius 1 is 1.40 bits per heavy atom. The minimum absolute atomic E-state index is 0.200. The van der Waals surface area contributed by atoms with E-state index in [1.807, 2.05) is 0 Å². The highest BCUT2D eigenvalue weighted by Crippen LogP contribution is 2.14. The third-order valence-electron chi connectivity index (χ3n) is 2.13. The summed E-state index contributed by atoms with van der Waals surface area (Å²) in [4.78, 5) is 0. The van der Waals surface area contributed by atoms with Crippen LogP contribution in [-0.2, 0) is 10.2 Å². The molecule has 1 unspecified atom stereocenters. The first-order valence-corrected chi connectivity index (χ1v) is 6.62. The summed E-state index contributed by atoms with van der Waals surface area (Å²) in [5.41, 5.74) is -0.485. The smallest absolute Gasteiger partial charge is 0.280 e. The Bertz CT molecular complexity index is 308. The third kappa shape index (κ3) is 4.06. The Kier molecular flexibility index (Phi) is 3.76. The number of aliphatic hydroxyl groups is 1. The largest absolute Gasteiger partial charge is 0.392 e.